The highest BCUT2D eigenvalue weighted by Crippen LogP contribution is 2.29. The summed E-state index contributed by atoms with van der Waals surface area (Å²) in [4.78, 5) is 11.7. The molecule has 134 valence electrons. The summed E-state index contributed by atoms with van der Waals surface area (Å²) in [6.45, 7) is 8.75. The Morgan fingerprint density at radius 1 is 1.20 bits per heavy atom. The lowest BCUT2D eigenvalue weighted by Crippen LogP contribution is -2.15. The number of benzene rings is 2. The highest BCUT2D eigenvalue weighted by Gasteiger charge is 2.15. The van der Waals surface area contributed by atoms with Gasteiger partial charge < -0.3 is 9.47 Å². The first kappa shape index (κ1) is 18.8. The van der Waals surface area contributed by atoms with E-state index >= 15 is 0 Å². The van der Waals surface area contributed by atoms with Crippen LogP contribution >= 0.6 is 0 Å². The van der Waals surface area contributed by atoms with Crippen molar-refractivity contribution in [2.24, 2.45) is 0 Å². The number of carbonyl (C=O) groups is 1. The second-order valence-electron chi connectivity index (χ2n) is 6.39. The van der Waals surface area contributed by atoms with Gasteiger partial charge in [-0.25, -0.2) is 4.79 Å². The molecule has 25 heavy (non-hydrogen) atoms. The molecule has 4 nitrogen and oxygen atoms in total. The number of carbonyl (C=O) groups excluding carboxylic acids is 1. The normalized spacial score (nSPS) is 10.6. The van der Waals surface area contributed by atoms with Gasteiger partial charge in [-0.2, -0.15) is 0 Å². The zero-order valence-electron chi connectivity index (χ0n) is 15.7. The maximum absolute atomic E-state index is 11.7. The van der Waals surface area contributed by atoms with Crippen LogP contribution < -0.4 is 10.1 Å². The molecule has 0 radical (unpaired) electrons. The van der Waals surface area contributed by atoms with Gasteiger partial charge in [0.15, 0.2) is 0 Å². The summed E-state index contributed by atoms with van der Waals surface area (Å²) in [7, 11) is 1.36. The van der Waals surface area contributed by atoms with Crippen LogP contribution in [0.15, 0.2) is 36.4 Å². The number of hydrogen-bond donors (Lipinski definition) is 1. The predicted molar refractivity (Wildman–Crippen MR) is 101 cm³/mol. The quantitative estimate of drug-likeness (QED) is 0.761. The Balaban J connectivity index is 2.26. The van der Waals surface area contributed by atoms with Crippen LogP contribution in [-0.2, 0) is 17.8 Å². The molecule has 0 spiro atoms. The maximum atomic E-state index is 11.7. The average molecular weight is 341 g/mol. The molecule has 2 rings (SSSR count). The van der Waals surface area contributed by atoms with E-state index in [0.717, 1.165) is 34.5 Å². The standard InChI is InChI=1S/C21H27NO3/c1-6-16-10-11-19(15(4)12-16)25-13-17-8-7-9-18(14(2)3)20(17)22-21(23)24-5/h7-12,14H,6,13H2,1-5H3,(H,22,23). The summed E-state index contributed by atoms with van der Waals surface area (Å²) in [5.41, 5.74) is 5.16. The molecule has 0 aliphatic rings. The van der Waals surface area contributed by atoms with Gasteiger partial charge in [-0.15, -0.1) is 0 Å². The molecule has 0 fully saturated rings. The number of anilines is 1. The van der Waals surface area contributed by atoms with Crippen LogP contribution in [0.4, 0.5) is 10.5 Å². The van der Waals surface area contributed by atoms with E-state index in [1.165, 1.54) is 12.7 Å². The van der Waals surface area contributed by atoms with Crippen LogP contribution in [-0.4, -0.2) is 13.2 Å². The molecule has 1 N–H and O–H groups in total. The SMILES string of the molecule is CCc1ccc(OCc2cccc(C(C)C)c2NC(=O)OC)c(C)c1. The number of nitrogens with one attached hydrogen (secondary N) is 1. The van der Waals surface area contributed by atoms with Crippen molar-refractivity contribution in [3.05, 3.63) is 58.7 Å². The molecule has 0 saturated carbocycles. The van der Waals surface area contributed by atoms with Crippen LogP contribution in [0.2, 0.25) is 0 Å². The minimum absolute atomic E-state index is 0.276. The molecule has 2 aromatic rings. The third-order valence-corrected chi connectivity index (χ3v) is 4.25. The van der Waals surface area contributed by atoms with E-state index in [1.807, 2.05) is 31.2 Å². The van der Waals surface area contributed by atoms with Crippen LogP contribution in [0.5, 0.6) is 5.75 Å². The molecular weight excluding hydrogens is 314 g/mol. The lowest BCUT2D eigenvalue weighted by molar-refractivity contribution is 0.187. The lowest BCUT2D eigenvalue weighted by atomic mass is 9.98. The Morgan fingerprint density at radius 3 is 2.56 bits per heavy atom. The van der Waals surface area contributed by atoms with E-state index in [-0.39, 0.29) is 5.92 Å². The van der Waals surface area contributed by atoms with Gasteiger partial charge in [0.2, 0.25) is 0 Å². The molecule has 0 atom stereocenters. The van der Waals surface area contributed by atoms with E-state index < -0.39 is 6.09 Å². The molecule has 0 aliphatic heterocycles. The van der Waals surface area contributed by atoms with Gasteiger partial charge in [0.05, 0.1) is 12.8 Å². The van der Waals surface area contributed by atoms with Crippen LogP contribution in [0.25, 0.3) is 0 Å². The average Bonchev–Trinajstić information content (AvgIpc) is 2.60. The Kier molecular flexibility index (Phi) is 6.45. The third kappa shape index (κ3) is 4.75. The molecule has 0 saturated heterocycles. The van der Waals surface area contributed by atoms with Gasteiger partial charge in [0, 0.05) is 5.56 Å². The van der Waals surface area contributed by atoms with Crippen molar-refractivity contribution < 1.29 is 14.3 Å². The number of ether oxygens (including phenoxy) is 2. The van der Waals surface area contributed by atoms with Crippen molar-refractivity contribution in [1.82, 2.24) is 0 Å². The fourth-order valence-electron chi connectivity index (χ4n) is 2.78. The summed E-state index contributed by atoms with van der Waals surface area (Å²) in [5.74, 6) is 1.13. The molecule has 4 heteroatoms. The molecule has 0 bridgehead atoms. The highest BCUT2D eigenvalue weighted by molar-refractivity contribution is 5.87. The first-order valence-corrected chi connectivity index (χ1v) is 8.65. The zero-order valence-corrected chi connectivity index (χ0v) is 15.7. The minimum atomic E-state index is -0.474. The predicted octanol–water partition coefficient (Wildman–Crippen LogP) is 5.44. The van der Waals surface area contributed by atoms with Crippen molar-refractivity contribution in [3.8, 4) is 5.75 Å². The maximum Gasteiger partial charge on any atom is 0.411 e. The van der Waals surface area contributed by atoms with E-state index in [9.17, 15) is 4.79 Å². The number of hydrogen-bond acceptors (Lipinski definition) is 3. The Morgan fingerprint density at radius 2 is 1.96 bits per heavy atom. The Labute approximate surface area is 150 Å². The number of para-hydroxylation sites is 1. The monoisotopic (exact) mass is 341 g/mol. The molecule has 0 aromatic heterocycles. The smallest absolute Gasteiger partial charge is 0.411 e. The largest absolute Gasteiger partial charge is 0.489 e. The summed E-state index contributed by atoms with van der Waals surface area (Å²) < 4.78 is 10.8. The van der Waals surface area contributed by atoms with Gasteiger partial charge in [-0.05, 0) is 42.0 Å². The Hall–Kier alpha value is -2.49. The summed E-state index contributed by atoms with van der Waals surface area (Å²) >= 11 is 0. The molecule has 1 amide bonds. The molecule has 2 aromatic carbocycles. The number of rotatable bonds is 6. The summed E-state index contributed by atoms with van der Waals surface area (Å²) in [6.07, 6.45) is 0.530. The van der Waals surface area contributed by atoms with E-state index in [2.05, 4.69) is 38.2 Å². The first-order valence-electron chi connectivity index (χ1n) is 8.65. The number of aryl methyl sites for hydroxylation is 2. The van der Waals surface area contributed by atoms with Crippen molar-refractivity contribution in [3.63, 3.8) is 0 Å². The molecular formula is C21H27NO3. The van der Waals surface area contributed by atoms with Crippen molar-refractivity contribution in [2.75, 3.05) is 12.4 Å². The fraction of sp³-hybridized carbons (Fsp3) is 0.381. The van der Waals surface area contributed by atoms with E-state index in [4.69, 9.17) is 9.47 Å². The molecule has 0 unspecified atom stereocenters. The summed E-state index contributed by atoms with van der Waals surface area (Å²) in [6, 6.07) is 12.2. The topological polar surface area (TPSA) is 47.6 Å². The van der Waals surface area contributed by atoms with Gasteiger partial charge in [0.1, 0.15) is 12.4 Å². The third-order valence-electron chi connectivity index (χ3n) is 4.25. The van der Waals surface area contributed by atoms with E-state index in [1.54, 1.807) is 0 Å². The highest BCUT2D eigenvalue weighted by atomic mass is 16.5. The molecule has 0 aliphatic carbocycles. The van der Waals surface area contributed by atoms with Gasteiger partial charge in [0.25, 0.3) is 0 Å². The van der Waals surface area contributed by atoms with Crippen LogP contribution in [0.3, 0.4) is 0 Å². The second kappa shape index (κ2) is 8.56. The Bertz CT molecular complexity index is 738. The molecule has 0 heterocycles. The fourth-order valence-corrected chi connectivity index (χ4v) is 2.78. The minimum Gasteiger partial charge on any atom is -0.489 e. The van der Waals surface area contributed by atoms with Crippen molar-refractivity contribution in [1.29, 1.82) is 0 Å². The van der Waals surface area contributed by atoms with Gasteiger partial charge in [-0.1, -0.05) is 51.1 Å². The second-order valence-corrected chi connectivity index (χ2v) is 6.39. The van der Waals surface area contributed by atoms with Crippen molar-refractivity contribution >= 4 is 11.8 Å². The number of amides is 1. The van der Waals surface area contributed by atoms with Gasteiger partial charge in [-0.3, -0.25) is 5.32 Å². The summed E-state index contributed by atoms with van der Waals surface area (Å²) in [5, 5.41) is 2.84. The first-order chi connectivity index (χ1) is 12.0. The number of methoxy groups -OCH3 is 1. The van der Waals surface area contributed by atoms with E-state index in [0.29, 0.717) is 6.61 Å². The van der Waals surface area contributed by atoms with Crippen molar-refractivity contribution in [2.45, 2.75) is 46.6 Å². The van der Waals surface area contributed by atoms with Crippen LogP contribution in [0.1, 0.15) is 48.9 Å². The van der Waals surface area contributed by atoms with Crippen LogP contribution in [0, 0.1) is 6.92 Å². The zero-order chi connectivity index (χ0) is 18.4. The lowest BCUT2D eigenvalue weighted by Gasteiger charge is -2.18. The van der Waals surface area contributed by atoms with Gasteiger partial charge >= 0.3 is 6.09 Å².